The molecule has 2 atom stereocenters. The van der Waals surface area contributed by atoms with Crippen LogP contribution in [0, 0.1) is 5.82 Å². The third-order valence-electron chi connectivity index (χ3n) is 7.41. The molecule has 0 bridgehead atoms. The van der Waals surface area contributed by atoms with E-state index in [0.29, 0.717) is 24.1 Å². The quantitative estimate of drug-likeness (QED) is 0.286. The van der Waals surface area contributed by atoms with E-state index in [-0.39, 0.29) is 37.1 Å². The van der Waals surface area contributed by atoms with Gasteiger partial charge in [0.15, 0.2) is 5.78 Å². The van der Waals surface area contributed by atoms with Gasteiger partial charge < -0.3 is 14.8 Å². The zero-order valence-corrected chi connectivity index (χ0v) is 23.9. The second-order valence-electron chi connectivity index (χ2n) is 10.4. The molecule has 1 unspecified atom stereocenters. The van der Waals surface area contributed by atoms with Crippen molar-refractivity contribution in [3.8, 4) is 11.5 Å². The van der Waals surface area contributed by atoms with Gasteiger partial charge in [-0.05, 0) is 67.0 Å². The topological polar surface area (TPSA) is 71.1 Å². The summed E-state index contributed by atoms with van der Waals surface area (Å²) in [5.74, 6) is 0.480. The number of nitrogens with zero attached hydrogens (tertiary/aromatic N) is 2. The highest BCUT2D eigenvalue weighted by Gasteiger charge is 2.28. The molecule has 41 heavy (non-hydrogen) atoms. The van der Waals surface area contributed by atoms with Crippen molar-refractivity contribution in [2.75, 3.05) is 39.3 Å². The van der Waals surface area contributed by atoms with E-state index in [4.69, 9.17) is 9.47 Å². The number of carbonyl (C=O) groups is 2. The average molecular weight is 562 g/mol. The van der Waals surface area contributed by atoms with Crippen LogP contribution in [0.25, 0.3) is 0 Å². The van der Waals surface area contributed by atoms with E-state index >= 15 is 0 Å². The molecular weight excluding hydrogens is 521 g/mol. The van der Waals surface area contributed by atoms with E-state index in [1.807, 2.05) is 42.5 Å². The number of likely N-dealkylation sites (tertiary alicyclic amines) is 1. The standard InChI is InChI=1S/C33H40FN3O4/c1-3-37(4-2)28-18-19-36(21-28)22-33(39)35-31(24-40-23-26-8-6-5-7-9-26)32(38)20-25-10-14-29(15-11-25)41-30-16-12-27(34)13-17-30/h5-17,28,31H,3-4,18-24H2,1-2H3,(H,35,39)/t28?,31-/m0/s1. The third kappa shape index (κ3) is 9.49. The summed E-state index contributed by atoms with van der Waals surface area (Å²) in [6.45, 7) is 8.74. The number of hydrogen-bond acceptors (Lipinski definition) is 6. The van der Waals surface area contributed by atoms with Crippen molar-refractivity contribution in [2.24, 2.45) is 0 Å². The van der Waals surface area contributed by atoms with Gasteiger partial charge in [0.2, 0.25) is 5.91 Å². The van der Waals surface area contributed by atoms with Crippen LogP contribution in [0.5, 0.6) is 11.5 Å². The second-order valence-corrected chi connectivity index (χ2v) is 10.4. The molecule has 1 fully saturated rings. The molecule has 1 N–H and O–H groups in total. The first-order chi connectivity index (χ1) is 19.9. The summed E-state index contributed by atoms with van der Waals surface area (Å²) in [6, 6.07) is 22.4. The highest BCUT2D eigenvalue weighted by molar-refractivity contribution is 5.91. The first-order valence-electron chi connectivity index (χ1n) is 14.4. The maximum Gasteiger partial charge on any atom is 0.234 e. The highest BCUT2D eigenvalue weighted by Crippen LogP contribution is 2.22. The second kappa shape index (κ2) is 15.4. The maximum atomic E-state index is 13.4. The van der Waals surface area contributed by atoms with Crippen LogP contribution in [0.15, 0.2) is 78.9 Å². The molecule has 1 heterocycles. The largest absolute Gasteiger partial charge is 0.457 e. The van der Waals surface area contributed by atoms with Crippen molar-refractivity contribution in [3.63, 3.8) is 0 Å². The lowest BCUT2D eigenvalue weighted by molar-refractivity contribution is -0.129. The van der Waals surface area contributed by atoms with Crippen LogP contribution in [-0.4, -0.2) is 72.9 Å². The summed E-state index contributed by atoms with van der Waals surface area (Å²) in [6.07, 6.45) is 1.18. The summed E-state index contributed by atoms with van der Waals surface area (Å²) >= 11 is 0. The summed E-state index contributed by atoms with van der Waals surface area (Å²) in [7, 11) is 0. The summed E-state index contributed by atoms with van der Waals surface area (Å²) in [5.41, 5.74) is 1.80. The van der Waals surface area contributed by atoms with E-state index in [1.54, 1.807) is 24.3 Å². The molecule has 1 aliphatic heterocycles. The van der Waals surface area contributed by atoms with Crippen molar-refractivity contribution in [1.82, 2.24) is 15.1 Å². The lowest BCUT2D eigenvalue weighted by atomic mass is 10.0. The minimum atomic E-state index is -0.762. The van der Waals surface area contributed by atoms with Gasteiger partial charge in [0.25, 0.3) is 0 Å². The number of halogens is 1. The molecule has 1 saturated heterocycles. The fourth-order valence-corrected chi connectivity index (χ4v) is 5.16. The van der Waals surface area contributed by atoms with Crippen LogP contribution in [0.4, 0.5) is 4.39 Å². The number of hydrogen-bond donors (Lipinski definition) is 1. The highest BCUT2D eigenvalue weighted by atomic mass is 19.1. The molecule has 7 nitrogen and oxygen atoms in total. The molecule has 0 spiro atoms. The molecule has 8 heteroatoms. The Morgan fingerprint density at radius 3 is 2.27 bits per heavy atom. The SMILES string of the molecule is CCN(CC)C1CCN(CC(=O)N[C@@H](COCc2ccccc2)C(=O)Cc2ccc(Oc3ccc(F)cc3)cc2)C1. The minimum Gasteiger partial charge on any atom is -0.457 e. The molecule has 4 rings (SSSR count). The maximum absolute atomic E-state index is 13.4. The molecule has 218 valence electrons. The Kier molecular flexibility index (Phi) is 11.4. The molecule has 0 aliphatic carbocycles. The van der Waals surface area contributed by atoms with Crippen LogP contribution in [0.2, 0.25) is 0 Å². The van der Waals surface area contributed by atoms with Gasteiger partial charge in [0.05, 0.1) is 19.8 Å². The number of carbonyl (C=O) groups excluding carboxylic acids is 2. The number of amides is 1. The van der Waals surface area contributed by atoms with Gasteiger partial charge in [-0.25, -0.2) is 4.39 Å². The van der Waals surface area contributed by atoms with E-state index in [2.05, 4.69) is 29.0 Å². The lowest BCUT2D eigenvalue weighted by Gasteiger charge is -2.26. The van der Waals surface area contributed by atoms with Crippen molar-refractivity contribution < 1.29 is 23.5 Å². The van der Waals surface area contributed by atoms with Crippen molar-refractivity contribution in [1.29, 1.82) is 0 Å². The Labute approximate surface area is 242 Å². The van der Waals surface area contributed by atoms with Gasteiger partial charge >= 0.3 is 0 Å². The van der Waals surface area contributed by atoms with Crippen molar-refractivity contribution in [2.45, 2.75) is 45.4 Å². The fourth-order valence-electron chi connectivity index (χ4n) is 5.16. The van der Waals surface area contributed by atoms with Gasteiger partial charge in [-0.3, -0.25) is 19.4 Å². The van der Waals surface area contributed by atoms with E-state index < -0.39 is 6.04 Å². The summed E-state index contributed by atoms with van der Waals surface area (Å²) in [4.78, 5) is 31.0. The summed E-state index contributed by atoms with van der Waals surface area (Å²) < 4.78 is 24.8. The normalized spacial score (nSPS) is 16.0. The molecule has 0 saturated carbocycles. The number of likely N-dealkylation sites (N-methyl/N-ethyl adjacent to an activating group) is 1. The predicted molar refractivity (Wildman–Crippen MR) is 157 cm³/mol. The molecule has 1 amide bonds. The van der Waals surface area contributed by atoms with Crippen LogP contribution >= 0.6 is 0 Å². The van der Waals surface area contributed by atoms with Gasteiger partial charge in [-0.2, -0.15) is 0 Å². The van der Waals surface area contributed by atoms with Gasteiger partial charge in [-0.15, -0.1) is 0 Å². The van der Waals surface area contributed by atoms with Gasteiger partial charge in [0, 0.05) is 25.6 Å². The number of ketones is 1. The third-order valence-corrected chi connectivity index (χ3v) is 7.41. The predicted octanol–water partition coefficient (Wildman–Crippen LogP) is 4.85. The van der Waals surface area contributed by atoms with Gasteiger partial charge in [0.1, 0.15) is 23.4 Å². The van der Waals surface area contributed by atoms with Crippen molar-refractivity contribution in [3.05, 3.63) is 95.8 Å². The number of rotatable bonds is 15. The molecular formula is C33H40FN3O4. The molecule has 1 aliphatic rings. The first kappa shape index (κ1) is 30.4. The van der Waals surface area contributed by atoms with Crippen LogP contribution in [0.1, 0.15) is 31.4 Å². The number of benzene rings is 3. The Morgan fingerprint density at radius 2 is 1.61 bits per heavy atom. The van der Waals surface area contributed by atoms with Gasteiger partial charge in [-0.1, -0.05) is 56.3 Å². The average Bonchev–Trinajstić information content (AvgIpc) is 3.44. The Hall–Kier alpha value is -3.59. The zero-order chi connectivity index (χ0) is 29.0. The van der Waals surface area contributed by atoms with E-state index in [1.165, 1.54) is 12.1 Å². The molecule has 3 aromatic rings. The zero-order valence-electron chi connectivity index (χ0n) is 23.9. The molecule has 0 aromatic heterocycles. The fraction of sp³-hybridized carbons (Fsp3) is 0.394. The van der Waals surface area contributed by atoms with Crippen molar-refractivity contribution >= 4 is 11.7 Å². The molecule has 3 aromatic carbocycles. The molecule has 0 radical (unpaired) electrons. The number of Topliss-reactive ketones (excluding diaryl/α,β-unsaturated/α-hetero) is 1. The Morgan fingerprint density at radius 1 is 0.951 bits per heavy atom. The summed E-state index contributed by atoms with van der Waals surface area (Å²) in [5, 5.41) is 2.95. The Bertz CT molecular complexity index is 1230. The minimum absolute atomic E-state index is 0.0906. The van der Waals surface area contributed by atoms with Crippen LogP contribution < -0.4 is 10.1 Å². The monoisotopic (exact) mass is 561 g/mol. The number of nitrogens with one attached hydrogen (secondary N) is 1. The number of ether oxygens (including phenoxy) is 2. The Balaban J connectivity index is 1.34. The van der Waals surface area contributed by atoms with E-state index in [9.17, 15) is 14.0 Å². The van der Waals surface area contributed by atoms with Crippen LogP contribution in [-0.2, 0) is 27.4 Å². The van der Waals surface area contributed by atoms with E-state index in [0.717, 1.165) is 43.7 Å². The lowest BCUT2D eigenvalue weighted by Crippen LogP contribution is -2.48. The smallest absolute Gasteiger partial charge is 0.234 e. The van der Waals surface area contributed by atoms with Crippen LogP contribution in [0.3, 0.4) is 0 Å². The first-order valence-corrected chi connectivity index (χ1v) is 14.4.